The first-order chi connectivity index (χ1) is 5.06. The molecule has 0 aromatic rings. The first-order valence-electron chi connectivity index (χ1n) is 3.60. The van der Waals surface area contributed by atoms with Gasteiger partial charge in [0.2, 0.25) is 0 Å². The highest BCUT2D eigenvalue weighted by molar-refractivity contribution is 5.06. The van der Waals surface area contributed by atoms with E-state index in [1.54, 1.807) is 0 Å². The van der Waals surface area contributed by atoms with Crippen molar-refractivity contribution in [3.63, 3.8) is 0 Å². The van der Waals surface area contributed by atoms with Gasteiger partial charge >= 0.3 is 6.18 Å². The van der Waals surface area contributed by atoms with Crippen LogP contribution in [0, 0.1) is 0 Å². The third-order valence-corrected chi connectivity index (χ3v) is 2.34. The number of fused-ring (bicyclic) bond motifs is 1. The molecule has 0 bridgehead atoms. The smallest absolute Gasteiger partial charge is 0.310 e. The zero-order valence-corrected chi connectivity index (χ0v) is 5.86. The Hall–Kier alpha value is -0.290. The van der Waals surface area contributed by atoms with Crippen molar-refractivity contribution in [1.29, 1.82) is 0 Å². The number of halogens is 3. The van der Waals surface area contributed by atoms with Crippen molar-refractivity contribution < 1.29 is 13.2 Å². The normalized spacial score (nSPS) is 37.4. The molecule has 0 aliphatic carbocycles. The number of rotatable bonds is 1. The van der Waals surface area contributed by atoms with Crippen molar-refractivity contribution >= 4 is 0 Å². The zero-order chi connectivity index (χ0) is 8.06. The fraction of sp³-hybridized carbons (Fsp3) is 1.00. The van der Waals surface area contributed by atoms with Gasteiger partial charge in [0.25, 0.3) is 0 Å². The second-order valence-corrected chi connectivity index (χ2v) is 3.13. The summed E-state index contributed by atoms with van der Waals surface area (Å²) in [6.45, 7) is 0.542. The highest BCUT2D eigenvalue weighted by Crippen LogP contribution is 2.28. The lowest BCUT2D eigenvalue weighted by Crippen LogP contribution is -2.78. The minimum atomic E-state index is -4.03. The van der Waals surface area contributed by atoms with E-state index < -0.39 is 12.7 Å². The molecule has 2 rings (SSSR count). The Balaban J connectivity index is 1.81. The highest BCUT2D eigenvalue weighted by atomic mass is 19.4. The highest BCUT2D eigenvalue weighted by Gasteiger charge is 2.48. The van der Waals surface area contributed by atoms with E-state index in [1.165, 1.54) is 4.90 Å². The number of nitrogens with zero attached hydrogens (tertiary/aromatic N) is 1. The van der Waals surface area contributed by atoms with Gasteiger partial charge in [0.15, 0.2) is 0 Å². The third-order valence-electron chi connectivity index (χ3n) is 2.34. The molecule has 2 heterocycles. The Labute approximate surface area is 62.4 Å². The van der Waals surface area contributed by atoms with Crippen molar-refractivity contribution in [2.45, 2.75) is 18.3 Å². The molecular weight excluding hydrogens is 157 g/mol. The summed E-state index contributed by atoms with van der Waals surface area (Å²) in [7, 11) is 0. The molecular formula is C6H9F3N2. The largest absolute Gasteiger partial charge is 0.401 e. The van der Waals surface area contributed by atoms with Gasteiger partial charge in [0.1, 0.15) is 0 Å². The van der Waals surface area contributed by atoms with Crippen LogP contribution >= 0.6 is 0 Å². The van der Waals surface area contributed by atoms with Crippen molar-refractivity contribution in [3.05, 3.63) is 0 Å². The van der Waals surface area contributed by atoms with Crippen LogP contribution in [0.1, 0.15) is 0 Å². The van der Waals surface area contributed by atoms with Gasteiger partial charge in [0, 0.05) is 25.2 Å². The van der Waals surface area contributed by atoms with Crippen LogP contribution in [0.2, 0.25) is 0 Å². The van der Waals surface area contributed by atoms with E-state index in [9.17, 15) is 13.2 Å². The molecule has 5 heteroatoms. The maximum absolute atomic E-state index is 11.8. The van der Waals surface area contributed by atoms with Crippen LogP contribution in [0.4, 0.5) is 13.2 Å². The molecule has 0 aromatic carbocycles. The van der Waals surface area contributed by atoms with Crippen LogP contribution < -0.4 is 5.32 Å². The summed E-state index contributed by atoms with van der Waals surface area (Å²) in [5.41, 5.74) is 0. The predicted molar refractivity (Wildman–Crippen MR) is 33.2 cm³/mol. The summed E-state index contributed by atoms with van der Waals surface area (Å²) in [4.78, 5) is 1.47. The average molecular weight is 166 g/mol. The molecule has 2 aliphatic rings. The molecule has 0 spiro atoms. The Morgan fingerprint density at radius 3 is 2.45 bits per heavy atom. The van der Waals surface area contributed by atoms with E-state index in [1.807, 2.05) is 0 Å². The van der Waals surface area contributed by atoms with E-state index in [2.05, 4.69) is 5.32 Å². The van der Waals surface area contributed by atoms with Gasteiger partial charge in [-0.05, 0) is 0 Å². The van der Waals surface area contributed by atoms with Gasteiger partial charge in [-0.25, -0.2) is 0 Å². The quantitative estimate of drug-likeness (QED) is 0.598. The van der Waals surface area contributed by atoms with E-state index in [0.29, 0.717) is 12.6 Å². The third kappa shape index (κ3) is 1.22. The molecule has 0 radical (unpaired) electrons. The number of alkyl halides is 3. The van der Waals surface area contributed by atoms with Gasteiger partial charge in [0.05, 0.1) is 6.54 Å². The molecule has 64 valence electrons. The molecule has 1 N–H and O–H groups in total. The van der Waals surface area contributed by atoms with Crippen LogP contribution in [0.3, 0.4) is 0 Å². The molecule has 0 saturated carbocycles. The number of hydrogen-bond acceptors (Lipinski definition) is 2. The Kier molecular flexibility index (Phi) is 1.41. The number of piperazine rings is 1. The fourth-order valence-corrected chi connectivity index (χ4v) is 1.62. The van der Waals surface area contributed by atoms with Gasteiger partial charge in [-0.2, -0.15) is 13.2 Å². The fourth-order valence-electron chi connectivity index (χ4n) is 1.62. The second-order valence-electron chi connectivity index (χ2n) is 3.13. The molecule has 2 saturated heterocycles. The lowest BCUT2D eigenvalue weighted by Gasteiger charge is -2.56. The number of nitrogens with one attached hydrogen (secondary N) is 1. The molecule has 2 fully saturated rings. The molecule has 0 aromatic heterocycles. The minimum Gasteiger partial charge on any atom is -0.310 e. The second kappa shape index (κ2) is 2.10. The Morgan fingerprint density at radius 1 is 1.45 bits per heavy atom. The summed E-state index contributed by atoms with van der Waals surface area (Å²) in [6, 6.07) is 0.508. The van der Waals surface area contributed by atoms with Crippen molar-refractivity contribution in [2.75, 3.05) is 19.6 Å². The SMILES string of the molecule is FC(F)(F)CN1CC2NC[C@H]21. The lowest BCUT2D eigenvalue weighted by molar-refractivity contribution is -0.175. The minimum absolute atomic E-state index is 0.164. The Bertz CT molecular complexity index is 168. The lowest BCUT2D eigenvalue weighted by atomic mass is 9.89. The molecule has 2 nitrogen and oxygen atoms in total. The number of hydrogen-bond donors (Lipinski definition) is 1. The Morgan fingerprint density at radius 2 is 2.18 bits per heavy atom. The monoisotopic (exact) mass is 166 g/mol. The summed E-state index contributed by atoms with van der Waals surface area (Å²) in [5, 5.41) is 3.05. The zero-order valence-electron chi connectivity index (χ0n) is 5.86. The maximum Gasteiger partial charge on any atom is 0.401 e. The van der Waals surface area contributed by atoms with Crippen LogP contribution in [0.25, 0.3) is 0 Å². The molecule has 0 amide bonds. The van der Waals surface area contributed by atoms with Gasteiger partial charge in [-0.3, -0.25) is 4.90 Å². The van der Waals surface area contributed by atoms with E-state index >= 15 is 0 Å². The average Bonchev–Trinajstić information content (AvgIpc) is 1.77. The molecule has 2 atom stereocenters. The summed E-state index contributed by atoms with van der Waals surface area (Å²) < 4.78 is 35.4. The van der Waals surface area contributed by atoms with Crippen LogP contribution in [-0.4, -0.2) is 42.8 Å². The van der Waals surface area contributed by atoms with E-state index in [0.717, 1.165) is 6.54 Å². The summed E-state index contributed by atoms with van der Waals surface area (Å²) in [6.07, 6.45) is -4.03. The van der Waals surface area contributed by atoms with Crippen molar-refractivity contribution in [1.82, 2.24) is 10.2 Å². The standard InChI is InChI=1S/C6H9F3N2/c7-6(8,9)3-11-2-4-5(11)1-10-4/h4-5,10H,1-3H2/t4?,5-/m1/s1. The van der Waals surface area contributed by atoms with Crippen LogP contribution in [0.15, 0.2) is 0 Å². The van der Waals surface area contributed by atoms with Gasteiger partial charge in [-0.1, -0.05) is 0 Å². The summed E-state index contributed by atoms with van der Waals surface area (Å²) in [5.74, 6) is 0. The first kappa shape index (κ1) is 7.36. The van der Waals surface area contributed by atoms with Gasteiger partial charge < -0.3 is 5.32 Å². The molecule has 2 aliphatic heterocycles. The maximum atomic E-state index is 11.8. The predicted octanol–water partition coefficient (Wildman–Crippen LogP) is 0.205. The molecule has 1 unspecified atom stereocenters. The van der Waals surface area contributed by atoms with E-state index in [-0.39, 0.29) is 6.04 Å². The van der Waals surface area contributed by atoms with E-state index in [4.69, 9.17) is 0 Å². The topological polar surface area (TPSA) is 15.3 Å². The molecule has 11 heavy (non-hydrogen) atoms. The van der Waals surface area contributed by atoms with Crippen molar-refractivity contribution in [3.8, 4) is 0 Å². The summed E-state index contributed by atoms with van der Waals surface area (Å²) >= 11 is 0. The van der Waals surface area contributed by atoms with Crippen LogP contribution in [-0.2, 0) is 0 Å². The van der Waals surface area contributed by atoms with Crippen molar-refractivity contribution in [2.24, 2.45) is 0 Å². The first-order valence-corrected chi connectivity index (χ1v) is 3.60. The van der Waals surface area contributed by atoms with Crippen LogP contribution in [0.5, 0.6) is 0 Å². The number of likely N-dealkylation sites (tertiary alicyclic amines) is 1. The van der Waals surface area contributed by atoms with Gasteiger partial charge in [-0.15, -0.1) is 0 Å².